The topological polar surface area (TPSA) is 86.3 Å². The summed E-state index contributed by atoms with van der Waals surface area (Å²) in [5.74, 6) is 1.82. The summed E-state index contributed by atoms with van der Waals surface area (Å²) in [6, 6.07) is 8.15. The van der Waals surface area contributed by atoms with E-state index in [1.165, 1.54) is 0 Å². The predicted octanol–water partition coefficient (Wildman–Crippen LogP) is 2.64. The van der Waals surface area contributed by atoms with Gasteiger partial charge in [0, 0.05) is 43.3 Å². The van der Waals surface area contributed by atoms with E-state index in [4.69, 9.17) is 4.84 Å². The third kappa shape index (κ3) is 4.42. The standard InChI is InChI=1S/C22H26N6O2/c1-3-4-21-24-9-11-27(21)15-22(29)25-14-19-13-20(26-30-19)17-5-7-18(8-6-17)28-12-10-23-16(28)2/h5-12,19H,3-4,13-15H2,1-2H3,(H,25,29). The molecule has 3 heterocycles. The Morgan fingerprint density at radius 2 is 2.00 bits per heavy atom. The van der Waals surface area contributed by atoms with Crippen molar-refractivity contribution < 1.29 is 9.63 Å². The van der Waals surface area contributed by atoms with Crippen molar-refractivity contribution in [2.24, 2.45) is 5.16 Å². The van der Waals surface area contributed by atoms with Crippen LogP contribution in [-0.2, 0) is 22.6 Å². The largest absolute Gasteiger partial charge is 0.390 e. The second kappa shape index (κ2) is 8.94. The van der Waals surface area contributed by atoms with Gasteiger partial charge >= 0.3 is 0 Å². The van der Waals surface area contributed by atoms with Crippen LogP contribution >= 0.6 is 0 Å². The van der Waals surface area contributed by atoms with E-state index in [1.807, 2.05) is 52.7 Å². The number of aryl methyl sites for hydroxylation is 2. The Hall–Kier alpha value is -3.42. The lowest BCUT2D eigenvalue weighted by Gasteiger charge is -2.11. The highest BCUT2D eigenvalue weighted by atomic mass is 16.6. The number of carbonyl (C=O) groups is 1. The summed E-state index contributed by atoms with van der Waals surface area (Å²) in [7, 11) is 0. The van der Waals surface area contributed by atoms with Crippen LogP contribution in [0.1, 0.15) is 37.0 Å². The van der Waals surface area contributed by atoms with E-state index >= 15 is 0 Å². The summed E-state index contributed by atoms with van der Waals surface area (Å²) < 4.78 is 3.92. The zero-order valence-electron chi connectivity index (χ0n) is 17.3. The molecule has 0 saturated heterocycles. The zero-order chi connectivity index (χ0) is 20.9. The van der Waals surface area contributed by atoms with Gasteiger partial charge in [0.05, 0.1) is 12.3 Å². The van der Waals surface area contributed by atoms with Crippen molar-refractivity contribution in [3.63, 3.8) is 0 Å². The Labute approximate surface area is 175 Å². The average molecular weight is 406 g/mol. The van der Waals surface area contributed by atoms with Crippen molar-refractivity contribution in [3.05, 3.63) is 66.3 Å². The van der Waals surface area contributed by atoms with E-state index in [2.05, 4.69) is 27.4 Å². The molecule has 8 heteroatoms. The van der Waals surface area contributed by atoms with Gasteiger partial charge in [-0.15, -0.1) is 0 Å². The van der Waals surface area contributed by atoms with Crippen LogP contribution in [0.15, 0.2) is 54.2 Å². The van der Waals surface area contributed by atoms with E-state index in [1.54, 1.807) is 12.4 Å². The second-order valence-corrected chi connectivity index (χ2v) is 7.39. The first-order valence-corrected chi connectivity index (χ1v) is 10.2. The summed E-state index contributed by atoms with van der Waals surface area (Å²) in [5.41, 5.74) is 2.97. The first kappa shape index (κ1) is 19.9. The molecule has 0 spiro atoms. The number of nitrogens with one attached hydrogen (secondary N) is 1. The fourth-order valence-electron chi connectivity index (χ4n) is 3.55. The molecule has 1 atom stereocenters. The van der Waals surface area contributed by atoms with E-state index in [9.17, 15) is 4.79 Å². The van der Waals surface area contributed by atoms with E-state index < -0.39 is 0 Å². The number of benzene rings is 1. The summed E-state index contributed by atoms with van der Waals surface area (Å²) in [6.07, 6.45) is 9.67. The number of aromatic nitrogens is 4. The van der Waals surface area contributed by atoms with E-state index in [0.717, 1.165) is 41.5 Å². The van der Waals surface area contributed by atoms with Gasteiger partial charge in [-0.2, -0.15) is 0 Å². The van der Waals surface area contributed by atoms with Crippen molar-refractivity contribution in [2.45, 2.75) is 45.8 Å². The molecular formula is C22H26N6O2. The molecule has 1 aliphatic rings. The van der Waals surface area contributed by atoms with Crippen LogP contribution in [-0.4, -0.2) is 43.4 Å². The SMILES string of the molecule is CCCc1nccn1CC(=O)NCC1CC(c2ccc(-n3ccnc3C)cc2)=NO1. The Morgan fingerprint density at radius 1 is 1.20 bits per heavy atom. The van der Waals surface area contributed by atoms with Crippen molar-refractivity contribution in [2.75, 3.05) is 6.54 Å². The van der Waals surface area contributed by atoms with Gasteiger partial charge < -0.3 is 19.3 Å². The van der Waals surface area contributed by atoms with E-state index in [0.29, 0.717) is 13.0 Å². The van der Waals surface area contributed by atoms with Crippen molar-refractivity contribution in [1.82, 2.24) is 24.4 Å². The van der Waals surface area contributed by atoms with Gasteiger partial charge in [0.15, 0.2) is 0 Å². The Balaban J connectivity index is 1.27. The summed E-state index contributed by atoms with van der Waals surface area (Å²) in [4.78, 5) is 26.4. The van der Waals surface area contributed by atoms with Gasteiger partial charge in [-0.05, 0) is 31.0 Å². The molecule has 4 rings (SSSR count). The van der Waals surface area contributed by atoms with Crippen LogP contribution in [0.5, 0.6) is 0 Å². The van der Waals surface area contributed by atoms with Crippen LogP contribution < -0.4 is 5.32 Å². The molecule has 1 amide bonds. The smallest absolute Gasteiger partial charge is 0.240 e. The maximum Gasteiger partial charge on any atom is 0.240 e. The lowest BCUT2D eigenvalue weighted by molar-refractivity contribution is -0.122. The van der Waals surface area contributed by atoms with Gasteiger partial charge in [0.1, 0.15) is 24.3 Å². The zero-order valence-corrected chi connectivity index (χ0v) is 17.3. The quantitative estimate of drug-likeness (QED) is 0.623. The fourth-order valence-corrected chi connectivity index (χ4v) is 3.55. The molecule has 0 aliphatic carbocycles. The highest BCUT2D eigenvalue weighted by molar-refractivity contribution is 6.01. The lowest BCUT2D eigenvalue weighted by atomic mass is 10.0. The number of imidazole rings is 2. The second-order valence-electron chi connectivity index (χ2n) is 7.39. The molecule has 0 bridgehead atoms. The molecule has 156 valence electrons. The molecule has 30 heavy (non-hydrogen) atoms. The Bertz CT molecular complexity index is 1030. The van der Waals surface area contributed by atoms with Crippen LogP contribution in [0.2, 0.25) is 0 Å². The molecular weight excluding hydrogens is 380 g/mol. The molecule has 1 unspecified atom stereocenters. The Morgan fingerprint density at radius 3 is 2.73 bits per heavy atom. The number of hydrogen-bond acceptors (Lipinski definition) is 5. The number of nitrogens with zero attached hydrogens (tertiary/aromatic N) is 5. The molecule has 2 aromatic heterocycles. The minimum Gasteiger partial charge on any atom is -0.390 e. The number of carbonyl (C=O) groups excluding carboxylic acids is 1. The number of hydrogen-bond donors (Lipinski definition) is 1. The van der Waals surface area contributed by atoms with Gasteiger partial charge in [-0.1, -0.05) is 24.2 Å². The summed E-state index contributed by atoms with van der Waals surface area (Å²) in [6.45, 7) is 4.76. The third-order valence-corrected chi connectivity index (χ3v) is 5.15. The average Bonchev–Trinajstić information content (AvgIpc) is 3.49. The highest BCUT2D eigenvalue weighted by Crippen LogP contribution is 2.18. The van der Waals surface area contributed by atoms with Crippen LogP contribution in [0.3, 0.4) is 0 Å². The minimum atomic E-state index is -0.155. The minimum absolute atomic E-state index is 0.0533. The lowest BCUT2D eigenvalue weighted by Crippen LogP contribution is -2.34. The van der Waals surface area contributed by atoms with Gasteiger partial charge in [0.2, 0.25) is 5.91 Å². The predicted molar refractivity (Wildman–Crippen MR) is 114 cm³/mol. The maximum atomic E-state index is 12.3. The highest BCUT2D eigenvalue weighted by Gasteiger charge is 2.23. The molecule has 3 aromatic rings. The van der Waals surface area contributed by atoms with E-state index in [-0.39, 0.29) is 18.6 Å². The first-order valence-electron chi connectivity index (χ1n) is 10.2. The van der Waals surface area contributed by atoms with Crippen molar-refractivity contribution in [3.8, 4) is 5.69 Å². The van der Waals surface area contributed by atoms with Crippen molar-refractivity contribution >= 4 is 11.6 Å². The molecule has 0 radical (unpaired) electrons. The van der Waals surface area contributed by atoms with Gasteiger partial charge in [-0.25, -0.2) is 9.97 Å². The number of amides is 1. The summed E-state index contributed by atoms with van der Waals surface area (Å²) >= 11 is 0. The molecule has 0 fully saturated rings. The van der Waals surface area contributed by atoms with Crippen LogP contribution in [0, 0.1) is 6.92 Å². The first-order chi connectivity index (χ1) is 14.6. The molecule has 8 nitrogen and oxygen atoms in total. The fraction of sp³-hybridized carbons (Fsp3) is 0.364. The molecule has 1 aromatic carbocycles. The number of oxime groups is 1. The van der Waals surface area contributed by atoms with Crippen LogP contribution in [0.25, 0.3) is 5.69 Å². The molecule has 1 N–H and O–H groups in total. The Kier molecular flexibility index (Phi) is 5.92. The van der Waals surface area contributed by atoms with Crippen molar-refractivity contribution in [1.29, 1.82) is 0 Å². The van der Waals surface area contributed by atoms with Crippen LogP contribution in [0.4, 0.5) is 0 Å². The maximum absolute atomic E-state index is 12.3. The number of rotatable bonds is 8. The van der Waals surface area contributed by atoms with Gasteiger partial charge in [-0.3, -0.25) is 4.79 Å². The van der Waals surface area contributed by atoms with Gasteiger partial charge in [0.25, 0.3) is 0 Å². The molecule has 0 saturated carbocycles. The monoisotopic (exact) mass is 406 g/mol. The summed E-state index contributed by atoms with van der Waals surface area (Å²) in [5, 5.41) is 7.16. The normalized spacial score (nSPS) is 15.7. The molecule has 1 aliphatic heterocycles. The third-order valence-electron chi connectivity index (χ3n) is 5.15.